The third-order valence-corrected chi connectivity index (χ3v) is 4.14. The van der Waals surface area contributed by atoms with Gasteiger partial charge >= 0.3 is 11.8 Å². The van der Waals surface area contributed by atoms with Crippen LogP contribution in [-0.4, -0.2) is 54.8 Å². The summed E-state index contributed by atoms with van der Waals surface area (Å²) in [5, 5.41) is 2.70. The first-order valence-corrected chi connectivity index (χ1v) is 7.31. The number of benzene rings is 1. The molecule has 0 aromatic heterocycles. The van der Waals surface area contributed by atoms with E-state index in [9.17, 15) is 9.59 Å². The third kappa shape index (κ3) is 3.82. The summed E-state index contributed by atoms with van der Waals surface area (Å²) in [7, 11) is 3.79. The summed E-state index contributed by atoms with van der Waals surface area (Å²) in [5.74, 6) is -1.03. The largest absolute Gasteiger partial charge is 0.334 e. The predicted octanol–water partition coefficient (Wildman–Crippen LogP) is 1.49. The smallest absolute Gasteiger partial charge is 0.313 e. The van der Waals surface area contributed by atoms with Crippen molar-refractivity contribution in [2.45, 2.75) is 25.8 Å². The van der Waals surface area contributed by atoms with Crippen molar-refractivity contribution in [1.82, 2.24) is 9.80 Å². The second-order valence-electron chi connectivity index (χ2n) is 5.72. The summed E-state index contributed by atoms with van der Waals surface area (Å²) < 4.78 is 0. The van der Waals surface area contributed by atoms with Gasteiger partial charge in [-0.2, -0.15) is 0 Å². The molecule has 1 aromatic carbocycles. The number of likely N-dealkylation sites (tertiary alicyclic amines) is 1. The Morgan fingerprint density at radius 2 is 1.86 bits per heavy atom. The monoisotopic (exact) mass is 289 g/mol. The van der Waals surface area contributed by atoms with Gasteiger partial charge in [-0.3, -0.25) is 9.59 Å². The van der Waals surface area contributed by atoms with Crippen LogP contribution in [0.15, 0.2) is 24.3 Å². The maximum Gasteiger partial charge on any atom is 0.313 e. The van der Waals surface area contributed by atoms with Gasteiger partial charge < -0.3 is 15.1 Å². The molecular weight excluding hydrogens is 266 g/mol. The van der Waals surface area contributed by atoms with E-state index in [-0.39, 0.29) is 6.04 Å². The van der Waals surface area contributed by atoms with E-state index in [1.54, 1.807) is 18.0 Å². The molecule has 1 heterocycles. The van der Waals surface area contributed by atoms with E-state index in [2.05, 4.69) is 17.3 Å². The molecule has 1 saturated heterocycles. The maximum absolute atomic E-state index is 12.2. The number of rotatable bonds is 2. The predicted molar refractivity (Wildman–Crippen MR) is 83.1 cm³/mol. The highest BCUT2D eigenvalue weighted by Gasteiger charge is 2.27. The topological polar surface area (TPSA) is 52.7 Å². The van der Waals surface area contributed by atoms with Crippen LogP contribution < -0.4 is 5.32 Å². The summed E-state index contributed by atoms with van der Waals surface area (Å²) in [5.41, 5.74) is 1.63. The van der Waals surface area contributed by atoms with E-state index >= 15 is 0 Å². The van der Waals surface area contributed by atoms with Gasteiger partial charge in [-0.25, -0.2) is 0 Å². The molecule has 1 aliphatic rings. The van der Waals surface area contributed by atoms with Crippen molar-refractivity contribution < 1.29 is 9.59 Å². The zero-order valence-electron chi connectivity index (χ0n) is 12.9. The zero-order chi connectivity index (χ0) is 15.4. The standard InChI is InChI=1S/C16H23N3O2/c1-12-6-4-5-7-14(12)17-15(20)16(21)19(3)13-8-10-18(2)11-9-13/h4-7,13H,8-11H2,1-3H3,(H,17,20). The summed E-state index contributed by atoms with van der Waals surface area (Å²) in [6, 6.07) is 7.60. The van der Waals surface area contributed by atoms with Gasteiger partial charge in [0, 0.05) is 18.8 Å². The van der Waals surface area contributed by atoms with Crippen molar-refractivity contribution >= 4 is 17.5 Å². The average molecular weight is 289 g/mol. The van der Waals surface area contributed by atoms with Gasteiger partial charge in [0.1, 0.15) is 0 Å². The number of anilines is 1. The minimum atomic E-state index is -0.564. The number of nitrogens with zero attached hydrogens (tertiary/aromatic N) is 2. The van der Waals surface area contributed by atoms with Crippen molar-refractivity contribution in [3.63, 3.8) is 0 Å². The molecule has 5 heteroatoms. The quantitative estimate of drug-likeness (QED) is 0.839. The Morgan fingerprint density at radius 1 is 1.24 bits per heavy atom. The van der Waals surface area contributed by atoms with Gasteiger partial charge in [0.05, 0.1) is 0 Å². The van der Waals surface area contributed by atoms with Gasteiger partial charge in [-0.05, 0) is 51.5 Å². The van der Waals surface area contributed by atoms with E-state index in [4.69, 9.17) is 0 Å². The highest BCUT2D eigenvalue weighted by molar-refractivity contribution is 6.39. The molecule has 114 valence electrons. The normalized spacial score (nSPS) is 16.5. The summed E-state index contributed by atoms with van der Waals surface area (Å²) >= 11 is 0. The van der Waals surface area contributed by atoms with Crippen molar-refractivity contribution in [2.24, 2.45) is 0 Å². The molecule has 2 rings (SSSR count). The summed E-state index contributed by atoms with van der Waals surface area (Å²) in [4.78, 5) is 28.2. The molecule has 1 N–H and O–H groups in total. The molecule has 1 fully saturated rings. The van der Waals surface area contributed by atoms with E-state index in [0.717, 1.165) is 31.5 Å². The second-order valence-corrected chi connectivity index (χ2v) is 5.72. The van der Waals surface area contributed by atoms with Gasteiger partial charge in [-0.1, -0.05) is 18.2 Å². The van der Waals surface area contributed by atoms with Crippen molar-refractivity contribution in [2.75, 3.05) is 32.5 Å². The summed E-state index contributed by atoms with van der Waals surface area (Å²) in [6.07, 6.45) is 1.83. The number of para-hydroxylation sites is 1. The molecule has 0 radical (unpaired) electrons. The number of amides is 2. The number of carbonyl (C=O) groups is 2. The Kier molecular flexibility index (Phi) is 4.96. The fraction of sp³-hybridized carbons (Fsp3) is 0.500. The molecule has 0 bridgehead atoms. The lowest BCUT2D eigenvalue weighted by atomic mass is 10.0. The molecule has 1 aromatic rings. The van der Waals surface area contributed by atoms with E-state index in [1.807, 2.05) is 25.1 Å². The van der Waals surface area contributed by atoms with Crippen LogP contribution in [0.1, 0.15) is 18.4 Å². The number of carbonyl (C=O) groups excluding carboxylic acids is 2. The Hall–Kier alpha value is -1.88. The lowest BCUT2D eigenvalue weighted by molar-refractivity contribution is -0.144. The Labute approximate surface area is 125 Å². The van der Waals surface area contributed by atoms with Crippen LogP contribution in [0, 0.1) is 6.92 Å². The van der Waals surface area contributed by atoms with Crippen LogP contribution in [0.3, 0.4) is 0 Å². The van der Waals surface area contributed by atoms with E-state index < -0.39 is 11.8 Å². The number of piperidine rings is 1. The van der Waals surface area contributed by atoms with Gasteiger partial charge in [0.25, 0.3) is 0 Å². The number of hydrogen-bond acceptors (Lipinski definition) is 3. The molecule has 21 heavy (non-hydrogen) atoms. The second kappa shape index (κ2) is 6.72. The Bertz CT molecular complexity index is 522. The van der Waals surface area contributed by atoms with E-state index in [1.165, 1.54) is 0 Å². The van der Waals surface area contributed by atoms with Gasteiger partial charge in [0.15, 0.2) is 0 Å². The van der Waals surface area contributed by atoms with Crippen LogP contribution >= 0.6 is 0 Å². The lowest BCUT2D eigenvalue weighted by Crippen LogP contribution is -2.47. The third-order valence-electron chi connectivity index (χ3n) is 4.14. The molecule has 1 aliphatic heterocycles. The van der Waals surface area contributed by atoms with Crippen LogP contribution in [0.2, 0.25) is 0 Å². The van der Waals surface area contributed by atoms with Crippen LogP contribution in [-0.2, 0) is 9.59 Å². The first-order chi connectivity index (χ1) is 9.99. The molecular formula is C16H23N3O2. The first kappa shape index (κ1) is 15.5. The maximum atomic E-state index is 12.2. The molecule has 5 nitrogen and oxygen atoms in total. The van der Waals surface area contributed by atoms with Crippen molar-refractivity contribution in [1.29, 1.82) is 0 Å². The minimum Gasteiger partial charge on any atom is -0.334 e. The highest BCUT2D eigenvalue weighted by Crippen LogP contribution is 2.16. The zero-order valence-corrected chi connectivity index (χ0v) is 12.9. The fourth-order valence-electron chi connectivity index (χ4n) is 2.60. The van der Waals surface area contributed by atoms with Crippen molar-refractivity contribution in [3.05, 3.63) is 29.8 Å². The van der Waals surface area contributed by atoms with E-state index in [0.29, 0.717) is 5.69 Å². The lowest BCUT2D eigenvalue weighted by Gasteiger charge is -2.34. The molecule has 0 spiro atoms. The number of aryl methyl sites for hydroxylation is 1. The fourth-order valence-corrected chi connectivity index (χ4v) is 2.60. The first-order valence-electron chi connectivity index (χ1n) is 7.31. The Balaban J connectivity index is 1.96. The number of likely N-dealkylation sites (N-methyl/N-ethyl adjacent to an activating group) is 1. The van der Waals surface area contributed by atoms with Crippen LogP contribution in [0.4, 0.5) is 5.69 Å². The number of hydrogen-bond donors (Lipinski definition) is 1. The van der Waals surface area contributed by atoms with Crippen molar-refractivity contribution in [3.8, 4) is 0 Å². The van der Waals surface area contributed by atoms with Gasteiger partial charge in [-0.15, -0.1) is 0 Å². The molecule has 0 unspecified atom stereocenters. The summed E-state index contributed by atoms with van der Waals surface area (Å²) in [6.45, 7) is 3.82. The molecule has 0 atom stereocenters. The van der Waals surface area contributed by atoms with Crippen LogP contribution in [0.5, 0.6) is 0 Å². The van der Waals surface area contributed by atoms with Gasteiger partial charge in [0.2, 0.25) is 0 Å². The SMILES string of the molecule is Cc1ccccc1NC(=O)C(=O)N(C)C1CCN(C)CC1. The Morgan fingerprint density at radius 3 is 2.48 bits per heavy atom. The minimum absolute atomic E-state index is 0.149. The molecule has 0 aliphatic carbocycles. The average Bonchev–Trinajstić information content (AvgIpc) is 2.49. The molecule has 2 amide bonds. The number of nitrogens with one attached hydrogen (secondary N) is 1. The molecule has 0 saturated carbocycles. The highest BCUT2D eigenvalue weighted by atomic mass is 16.2. The van der Waals surface area contributed by atoms with Crippen LogP contribution in [0.25, 0.3) is 0 Å².